The molecule has 29 heavy (non-hydrogen) atoms. The van der Waals surface area contributed by atoms with Crippen molar-refractivity contribution in [1.82, 2.24) is 10.1 Å². The minimum Gasteiger partial charge on any atom is -0.490 e. The van der Waals surface area contributed by atoms with Crippen LogP contribution in [0.1, 0.15) is 41.8 Å². The Balaban J connectivity index is 1.65. The van der Waals surface area contributed by atoms with Crippen molar-refractivity contribution in [3.63, 3.8) is 0 Å². The van der Waals surface area contributed by atoms with Crippen molar-refractivity contribution in [2.45, 2.75) is 32.8 Å². The zero-order chi connectivity index (χ0) is 20.4. The Morgan fingerprint density at radius 3 is 2.90 bits per heavy atom. The minimum atomic E-state index is -0.0261. The van der Waals surface area contributed by atoms with Gasteiger partial charge in [-0.1, -0.05) is 0 Å². The van der Waals surface area contributed by atoms with E-state index in [0.29, 0.717) is 34.3 Å². The van der Waals surface area contributed by atoms with Crippen molar-refractivity contribution in [2.24, 2.45) is 0 Å². The predicted octanol–water partition coefficient (Wildman–Crippen LogP) is 4.29. The monoisotopic (exact) mass is 388 g/mol. The lowest BCUT2D eigenvalue weighted by molar-refractivity contribution is 0.112. The zero-order valence-electron chi connectivity index (χ0n) is 16.3. The molecule has 0 amide bonds. The number of aryl methyl sites for hydroxylation is 1. The second kappa shape index (κ2) is 7.76. The third-order valence-corrected chi connectivity index (χ3v) is 4.72. The topological polar surface area (TPSA) is 92.2 Å². The van der Waals surface area contributed by atoms with Gasteiger partial charge in [0, 0.05) is 23.4 Å². The summed E-state index contributed by atoms with van der Waals surface area (Å²) in [4.78, 5) is 17.6. The van der Waals surface area contributed by atoms with Crippen molar-refractivity contribution in [2.75, 3.05) is 11.4 Å². The third kappa shape index (κ3) is 3.69. The average molecular weight is 388 g/mol. The molecular formula is C22H20N4O3. The van der Waals surface area contributed by atoms with E-state index in [0.717, 1.165) is 36.9 Å². The van der Waals surface area contributed by atoms with E-state index in [1.165, 1.54) is 0 Å². The number of aldehydes is 1. The summed E-state index contributed by atoms with van der Waals surface area (Å²) in [6.45, 7) is 4.58. The highest BCUT2D eigenvalue weighted by Crippen LogP contribution is 2.34. The zero-order valence-corrected chi connectivity index (χ0v) is 16.3. The molecule has 0 unspecified atom stereocenters. The summed E-state index contributed by atoms with van der Waals surface area (Å²) in [7, 11) is 0. The number of nitriles is 1. The highest BCUT2D eigenvalue weighted by molar-refractivity contribution is 5.78. The molecule has 0 bridgehead atoms. The number of fused-ring (bicyclic) bond motifs is 1. The Morgan fingerprint density at radius 2 is 2.14 bits per heavy atom. The molecule has 0 spiro atoms. The van der Waals surface area contributed by atoms with Gasteiger partial charge in [0.05, 0.1) is 11.7 Å². The van der Waals surface area contributed by atoms with Gasteiger partial charge in [-0.2, -0.15) is 10.2 Å². The van der Waals surface area contributed by atoms with Crippen LogP contribution in [0.5, 0.6) is 5.75 Å². The fourth-order valence-electron chi connectivity index (χ4n) is 3.45. The summed E-state index contributed by atoms with van der Waals surface area (Å²) in [5.41, 5.74) is 3.81. The Kier molecular flexibility index (Phi) is 5.00. The lowest BCUT2D eigenvalue weighted by Crippen LogP contribution is -2.25. The summed E-state index contributed by atoms with van der Waals surface area (Å²) in [5, 5.41) is 13.6. The number of rotatable bonds is 5. The molecule has 7 nitrogen and oxygen atoms in total. The van der Waals surface area contributed by atoms with E-state index < -0.39 is 0 Å². The molecule has 0 atom stereocenters. The normalized spacial score (nSPS) is 13.1. The first kappa shape index (κ1) is 18.7. The lowest BCUT2D eigenvalue weighted by atomic mass is 10.00. The Morgan fingerprint density at radius 1 is 1.28 bits per heavy atom. The number of hydrogen-bond acceptors (Lipinski definition) is 7. The third-order valence-electron chi connectivity index (χ3n) is 4.72. The highest BCUT2D eigenvalue weighted by Gasteiger charge is 2.23. The number of carbonyl (C=O) groups is 1. The van der Waals surface area contributed by atoms with Crippen LogP contribution in [0, 0.1) is 11.3 Å². The summed E-state index contributed by atoms with van der Waals surface area (Å²) < 4.78 is 11.1. The van der Waals surface area contributed by atoms with Gasteiger partial charge in [-0.25, -0.2) is 0 Å². The number of anilines is 2. The van der Waals surface area contributed by atoms with Crippen LogP contribution in [0.3, 0.4) is 0 Å². The fourth-order valence-corrected chi connectivity index (χ4v) is 3.45. The lowest BCUT2D eigenvalue weighted by Gasteiger charge is -2.28. The maximum atomic E-state index is 11.1. The standard InChI is InChI=1S/C22H20N4O3/c1-14(2)28-20-8-6-17(11-18(20)12-23)21-24-22(25-29-21)26-9-3-4-16-10-15(13-27)5-7-19(16)26/h5-8,10-11,13-14H,3-4,9H2,1-2H3. The van der Waals surface area contributed by atoms with E-state index in [9.17, 15) is 10.1 Å². The SMILES string of the molecule is CC(C)Oc1ccc(-c2nc(N3CCCc4cc(C=O)ccc43)no2)cc1C#N. The number of hydrogen-bond donors (Lipinski definition) is 0. The maximum absolute atomic E-state index is 11.1. The number of carbonyl (C=O) groups excluding carboxylic acids is 1. The quantitative estimate of drug-likeness (QED) is 0.602. The van der Waals surface area contributed by atoms with E-state index in [1.807, 2.05) is 30.9 Å². The van der Waals surface area contributed by atoms with Gasteiger partial charge in [-0.3, -0.25) is 4.79 Å². The van der Waals surface area contributed by atoms with Gasteiger partial charge < -0.3 is 14.2 Å². The molecule has 7 heteroatoms. The molecule has 0 aliphatic carbocycles. The van der Waals surface area contributed by atoms with Crippen LogP contribution in [-0.2, 0) is 6.42 Å². The first-order valence-corrected chi connectivity index (χ1v) is 9.49. The second-order valence-electron chi connectivity index (χ2n) is 7.15. The van der Waals surface area contributed by atoms with Gasteiger partial charge in [-0.15, -0.1) is 0 Å². The molecule has 0 saturated carbocycles. The first-order chi connectivity index (χ1) is 14.1. The molecule has 2 heterocycles. The molecule has 0 fully saturated rings. The van der Waals surface area contributed by atoms with Crippen LogP contribution in [-0.4, -0.2) is 29.1 Å². The van der Waals surface area contributed by atoms with E-state index >= 15 is 0 Å². The number of nitrogens with zero attached hydrogens (tertiary/aromatic N) is 4. The number of aromatic nitrogens is 2. The predicted molar refractivity (Wildman–Crippen MR) is 107 cm³/mol. The molecule has 4 rings (SSSR count). The maximum Gasteiger partial charge on any atom is 0.270 e. The molecule has 0 saturated heterocycles. The van der Waals surface area contributed by atoms with E-state index in [-0.39, 0.29) is 6.10 Å². The number of ether oxygens (including phenoxy) is 1. The molecule has 0 radical (unpaired) electrons. The largest absolute Gasteiger partial charge is 0.490 e. The van der Waals surface area contributed by atoms with Gasteiger partial charge in [0.2, 0.25) is 0 Å². The van der Waals surface area contributed by atoms with E-state index in [1.54, 1.807) is 24.3 Å². The first-order valence-electron chi connectivity index (χ1n) is 9.49. The van der Waals surface area contributed by atoms with Gasteiger partial charge in [0.1, 0.15) is 18.1 Å². The Hall–Kier alpha value is -3.66. The van der Waals surface area contributed by atoms with Crippen LogP contribution in [0.15, 0.2) is 40.9 Å². The summed E-state index contributed by atoms with van der Waals surface area (Å²) >= 11 is 0. The van der Waals surface area contributed by atoms with E-state index in [4.69, 9.17) is 9.26 Å². The molecule has 1 aromatic heterocycles. The minimum absolute atomic E-state index is 0.0261. The van der Waals surface area contributed by atoms with Crippen molar-refractivity contribution in [3.8, 4) is 23.3 Å². The van der Waals surface area contributed by atoms with Crippen molar-refractivity contribution in [1.29, 1.82) is 5.26 Å². The highest BCUT2D eigenvalue weighted by atomic mass is 16.5. The molecule has 1 aliphatic rings. The van der Waals surface area contributed by atoms with Crippen molar-refractivity contribution in [3.05, 3.63) is 53.1 Å². The molecule has 3 aromatic rings. The van der Waals surface area contributed by atoms with Gasteiger partial charge >= 0.3 is 0 Å². The van der Waals surface area contributed by atoms with E-state index in [2.05, 4.69) is 16.2 Å². The van der Waals surface area contributed by atoms with Crippen molar-refractivity contribution < 1.29 is 14.1 Å². The van der Waals surface area contributed by atoms with Gasteiger partial charge in [0.25, 0.3) is 11.8 Å². The molecule has 0 N–H and O–H groups in total. The summed E-state index contributed by atoms with van der Waals surface area (Å²) in [6.07, 6.45) is 2.66. The second-order valence-corrected chi connectivity index (χ2v) is 7.15. The molecule has 146 valence electrons. The van der Waals surface area contributed by atoms with Crippen molar-refractivity contribution >= 4 is 17.9 Å². The molecule has 1 aliphatic heterocycles. The fraction of sp³-hybridized carbons (Fsp3) is 0.273. The van der Waals surface area contributed by atoms with Gasteiger partial charge in [-0.05, 0) is 73.8 Å². The molecular weight excluding hydrogens is 368 g/mol. The van der Waals surface area contributed by atoms with Gasteiger partial charge in [0.15, 0.2) is 0 Å². The summed E-state index contributed by atoms with van der Waals surface area (Å²) in [5.74, 6) is 1.33. The Bertz CT molecular complexity index is 1100. The Labute approximate surface area is 168 Å². The summed E-state index contributed by atoms with van der Waals surface area (Å²) in [6, 6.07) is 13.0. The molecule has 2 aromatic carbocycles. The van der Waals surface area contributed by atoms with Crippen LogP contribution in [0.4, 0.5) is 11.6 Å². The smallest absolute Gasteiger partial charge is 0.270 e. The van der Waals surface area contributed by atoms with Crippen LogP contribution in [0.25, 0.3) is 11.5 Å². The average Bonchev–Trinajstić information content (AvgIpc) is 3.22. The van der Waals surface area contributed by atoms with Crippen LogP contribution < -0.4 is 9.64 Å². The van der Waals surface area contributed by atoms with Crippen LogP contribution >= 0.6 is 0 Å². The number of benzene rings is 2. The van der Waals surface area contributed by atoms with Crippen LogP contribution in [0.2, 0.25) is 0 Å².